The van der Waals surface area contributed by atoms with Crippen LogP contribution >= 0.6 is 0 Å². The molecule has 0 amide bonds. The number of aromatic nitrogens is 3. The van der Waals surface area contributed by atoms with Crippen molar-refractivity contribution in [3.8, 4) is 0 Å². The number of fused-ring (bicyclic) bond motifs is 1. The maximum Gasteiger partial charge on any atom is 0.0773 e. The van der Waals surface area contributed by atoms with Crippen molar-refractivity contribution in [3.63, 3.8) is 0 Å². The van der Waals surface area contributed by atoms with Gasteiger partial charge < -0.3 is 5.73 Å². The molecule has 3 rings (SSSR count). The predicted molar refractivity (Wildman–Crippen MR) is 72.2 cm³/mol. The first kappa shape index (κ1) is 10.8. The van der Waals surface area contributed by atoms with Crippen molar-refractivity contribution in [2.75, 3.05) is 5.73 Å². The van der Waals surface area contributed by atoms with Crippen molar-refractivity contribution in [2.45, 2.75) is 13.5 Å². The molecule has 2 N–H and O–H groups in total. The van der Waals surface area contributed by atoms with Crippen molar-refractivity contribution in [2.24, 2.45) is 0 Å². The lowest BCUT2D eigenvalue weighted by Crippen LogP contribution is -2.05. The van der Waals surface area contributed by atoms with Crippen molar-refractivity contribution in [3.05, 3.63) is 54.0 Å². The maximum absolute atomic E-state index is 5.97. The number of hydrogen-bond donors (Lipinski definition) is 1. The molecule has 4 heteroatoms. The normalized spacial score (nSPS) is 10.9. The second-order valence-corrected chi connectivity index (χ2v) is 4.34. The number of nitrogen functional groups attached to an aromatic ring is 1. The van der Waals surface area contributed by atoms with Gasteiger partial charge in [-0.15, -0.1) is 0 Å². The summed E-state index contributed by atoms with van der Waals surface area (Å²) < 4.78 is 1.96. The van der Waals surface area contributed by atoms with Crippen LogP contribution in [0.2, 0.25) is 0 Å². The largest absolute Gasteiger partial charge is 0.398 e. The molecule has 0 atom stereocenters. The zero-order valence-corrected chi connectivity index (χ0v) is 10.2. The molecular weight excluding hydrogens is 224 g/mol. The quantitative estimate of drug-likeness (QED) is 0.697. The summed E-state index contributed by atoms with van der Waals surface area (Å²) in [5.74, 6) is 0. The molecule has 4 nitrogen and oxygen atoms in total. The van der Waals surface area contributed by atoms with Crippen LogP contribution in [0, 0.1) is 6.92 Å². The Morgan fingerprint density at radius 1 is 1.17 bits per heavy atom. The molecule has 0 saturated carbocycles. The number of nitrogens with zero attached hydrogens (tertiary/aromatic N) is 3. The molecule has 0 radical (unpaired) electrons. The smallest absolute Gasteiger partial charge is 0.0773 e. The molecule has 0 aliphatic rings. The van der Waals surface area contributed by atoms with Gasteiger partial charge in [0.25, 0.3) is 0 Å². The standard InChI is InChI=1S/C14H14N4/c1-10-6-8-17-18(10)9-11-4-5-13(15)12-3-2-7-16-14(11)12/h2-8H,9,15H2,1H3. The lowest BCUT2D eigenvalue weighted by molar-refractivity contribution is 0.667. The fourth-order valence-electron chi connectivity index (χ4n) is 2.11. The molecule has 0 aliphatic heterocycles. The number of aryl methyl sites for hydroxylation is 1. The van der Waals surface area contributed by atoms with Crippen LogP contribution in [0.1, 0.15) is 11.3 Å². The Labute approximate surface area is 105 Å². The Morgan fingerprint density at radius 3 is 2.83 bits per heavy atom. The van der Waals surface area contributed by atoms with E-state index in [1.807, 2.05) is 48.1 Å². The molecular formula is C14H14N4. The van der Waals surface area contributed by atoms with Crippen LogP contribution in [0.25, 0.3) is 10.9 Å². The van der Waals surface area contributed by atoms with E-state index in [-0.39, 0.29) is 0 Å². The first-order valence-electron chi connectivity index (χ1n) is 5.86. The summed E-state index contributed by atoms with van der Waals surface area (Å²) in [5, 5.41) is 5.30. The third-order valence-electron chi connectivity index (χ3n) is 3.14. The fourth-order valence-corrected chi connectivity index (χ4v) is 2.11. The van der Waals surface area contributed by atoms with E-state index < -0.39 is 0 Å². The average Bonchev–Trinajstić information content (AvgIpc) is 2.79. The second kappa shape index (κ2) is 4.14. The van der Waals surface area contributed by atoms with Crippen LogP contribution in [0.4, 0.5) is 5.69 Å². The van der Waals surface area contributed by atoms with Gasteiger partial charge >= 0.3 is 0 Å². The number of rotatable bonds is 2. The molecule has 3 aromatic rings. The number of benzene rings is 1. The summed E-state index contributed by atoms with van der Waals surface area (Å²) in [4.78, 5) is 4.43. The third kappa shape index (κ3) is 1.72. The Hall–Kier alpha value is -2.36. The summed E-state index contributed by atoms with van der Waals surface area (Å²) in [6.45, 7) is 2.76. The molecule has 1 aromatic carbocycles. The fraction of sp³-hybridized carbons (Fsp3) is 0.143. The van der Waals surface area contributed by atoms with Gasteiger partial charge in [-0.2, -0.15) is 5.10 Å². The monoisotopic (exact) mass is 238 g/mol. The van der Waals surface area contributed by atoms with Gasteiger partial charge in [0.1, 0.15) is 0 Å². The van der Waals surface area contributed by atoms with Gasteiger partial charge in [0.05, 0.1) is 12.1 Å². The summed E-state index contributed by atoms with van der Waals surface area (Å²) in [5.41, 5.74) is 9.95. The van der Waals surface area contributed by atoms with Crippen LogP contribution < -0.4 is 5.73 Å². The van der Waals surface area contributed by atoms with Crippen LogP contribution in [0.3, 0.4) is 0 Å². The van der Waals surface area contributed by atoms with Crippen LogP contribution in [-0.4, -0.2) is 14.8 Å². The lowest BCUT2D eigenvalue weighted by Gasteiger charge is -2.09. The summed E-state index contributed by atoms with van der Waals surface area (Å²) in [7, 11) is 0. The van der Waals surface area contributed by atoms with Crippen molar-refractivity contribution >= 4 is 16.6 Å². The Bertz CT molecular complexity index is 700. The van der Waals surface area contributed by atoms with Crippen LogP contribution in [0.5, 0.6) is 0 Å². The van der Waals surface area contributed by atoms with Gasteiger partial charge in [-0.1, -0.05) is 6.07 Å². The van der Waals surface area contributed by atoms with Crippen LogP contribution in [-0.2, 0) is 6.54 Å². The lowest BCUT2D eigenvalue weighted by atomic mass is 10.1. The van der Waals surface area contributed by atoms with E-state index in [1.165, 1.54) is 0 Å². The summed E-state index contributed by atoms with van der Waals surface area (Å²) in [6, 6.07) is 9.84. The summed E-state index contributed by atoms with van der Waals surface area (Å²) in [6.07, 6.45) is 3.60. The first-order valence-corrected chi connectivity index (χ1v) is 5.86. The molecule has 18 heavy (non-hydrogen) atoms. The summed E-state index contributed by atoms with van der Waals surface area (Å²) >= 11 is 0. The number of anilines is 1. The van der Waals surface area contributed by atoms with E-state index in [2.05, 4.69) is 10.1 Å². The van der Waals surface area contributed by atoms with Gasteiger partial charge in [-0.3, -0.25) is 9.67 Å². The Balaban J connectivity index is 2.13. The van der Waals surface area contributed by atoms with E-state index in [9.17, 15) is 0 Å². The van der Waals surface area contributed by atoms with E-state index in [0.29, 0.717) is 6.54 Å². The Morgan fingerprint density at radius 2 is 2.06 bits per heavy atom. The van der Waals surface area contributed by atoms with Gasteiger partial charge in [0.2, 0.25) is 0 Å². The van der Waals surface area contributed by atoms with Gasteiger partial charge in [-0.25, -0.2) is 0 Å². The third-order valence-corrected chi connectivity index (χ3v) is 3.14. The van der Waals surface area contributed by atoms with Crippen molar-refractivity contribution < 1.29 is 0 Å². The Kier molecular flexibility index (Phi) is 2.48. The first-order chi connectivity index (χ1) is 8.75. The minimum absolute atomic E-state index is 0.715. The molecule has 0 saturated heterocycles. The molecule has 90 valence electrons. The van der Waals surface area contributed by atoms with E-state index in [0.717, 1.165) is 27.8 Å². The van der Waals surface area contributed by atoms with Crippen molar-refractivity contribution in [1.82, 2.24) is 14.8 Å². The number of nitrogens with two attached hydrogens (primary N) is 1. The van der Waals surface area contributed by atoms with E-state index in [4.69, 9.17) is 5.73 Å². The molecule has 2 heterocycles. The number of hydrogen-bond acceptors (Lipinski definition) is 3. The van der Waals surface area contributed by atoms with E-state index >= 15 is 0 Å². The average molecular weight is 238 g/mol. The molecule has 0 unspecified atom stereocenters. The molecule has 2 aromatic heterocycles. The number of pyridine rings is 1. The highest BCUT2D eigenvalue weighted by molar-refractivity contribution is 5.92. The molecule has 0 spiro atoms. The zero-order valence-electron chi connectivity index (χ0n) is 10.2. The topological polar surface area (TPSA) is 56.7 Å². The van der Waals surface area contributed by atoms with Crippen molar-refractivity contribution in [1.29, 1.82) is 0 Å². The molecule has 0 bridgehead atoms. The highest BCUT2D eigenvalue weighted by Crippen LogP contribution is 2.23. The SMILES string of the molecule is Cc1ccnn1Cc1ccc(N)c2cccnc12. The maximum atomic E-state index is 5.97. The highest BCUT2D eigenvalue weighted by atomic mass is 15.3. The molecule has 0 fully saturated rings. The predicted octanol–water partition coefficient (Wildman–Crippen LogP) is 2.37. The van der Waals surface area contributed by atoms with Gasteiger partial charge in [0.15, 0.2) is 0 Å². The highest BCUT2D eigenvalue weighted by Gasteiger charge is 2.06. The second-order valence-electron chi connectivity index (χ2n) is 4.34. The minimum Gasteiger partial charge on any atom is -0.398 e. The van der Waals surface area contributed by atoms with E-state index in [1.54, 1.807) is 6.20 Å². The van der Waals surface area contributed by atoms with Crippen LogP contribution in [0.15, 0.2) is 42.7 Å². The molecule has 0 aliphatic carbocycles. The van der Waals surface area contributed by atoms with Gasteiger partial charge in [-0.05, 0) is 36.8 Å². The minimum atomic E-state index is 0.715. The van der Waals surface area contributed by atoms with Gasteiger partial charge in [0, 0.05) is 29.2 Å². The zero-order chi connectivity index (χ0) is 12.5.